The molecule has 0 spiro atoms. The fourth-order valence-corrected chi connectivity index (χ4v) is 8.83. The molecule has 0 aromatic carbocycles. The van der Waals surface area contributed by atoms with Gasteiger partial charge in [-0.1, -0.05) is 57.5 Å². The van der Waals surface area contributed by atoms with Crippen LogP contribution in [0.15, 0.2) is 24.8 Å². The van der Waals surface area contributed by atoms with Gasteiger partial charge in [0.05, 0.1) is 19.5 Å². The number of thioether (sulfide) groups is 1. The molecule has 0 radical (unpaired) electrons. The molecule has 1 aliphatic rings. The monoisotopic (exact) mass is 905 g/mol. The summed E-state index contributed by atoms with van der Waals surface area (Å²) < 4.78 is 62.2. The summed E-state index contributed by atoms with van der Waals surface area (Å²) in [5, 5.41) is 26.4. The second kappa shape index (κ2) is 21.7. The second-order valence-corrected chi connectivity index (χ2v) is 19.1. The number of nitrogens with zero attached hydrogens (tertiary/aromatic N) is 4. The van der Waals surface area contributed by atoms with Crippen molar-refractivity contribution >= 4 is 69.1 Å². The van der Waals surface area contributed by atoms with Crippen molar-refractivity contribution in [1.82, 2.24) is 30.2 Å². The molecule has 7 atom stereocenters. The number of carbonyl (C=O) groups excluding carboxylic acids is 3. The molecule has 3 heterocycles. The lowest BCUT2D eigenvalue weighted by Crippen LogP contribution is -2.46. The molecule has 2 aromatic rings. The molecule has 58 heavy (non-hydrogen) atoms. The highest BCUT2D eigenvalue weighted by Gasteiger charge is 2.50. The molecule has 2 unspecified atom stereocenters. The summed E-state index contributed by atoms with van der Waals surface area (Å²) in [4.78, 5) is 87.8. The maximum Gasteiger partial charge on any atom is 0.481 e. The first kappa shape index (κ1) is 49.7. The number of nitrogens with two attached hydrogens (primary N) is 1. The van der Waals surface area contributed by atoms with E-state index in [1.807, 2.05) is 0 Å². The number of hydrogen-bond donors (Lipinski definition) is 9. The molecule has 3 rings (SSSR count). The van der Waals surface area contributed by atoms with Crippen molar-refractivity contribution in [2.75, 3.05) is 37.8 Å². The van der Waals surface area contributed by atoms with Gasteiger partial charge in [-0.3, -0.25) is 32.5 Å². The Morgan fingerprint density at radius 2 is 1.74 bits per heavy atom. The Morgan fingerprint density at radius 1 is 1.05 bits per heavy atom. The minimum atomic E-state index is -5.57. The number of imidazole rings is 1. The van der Waals surface area contributed by atoms with Crippen LogP contribution in [0.3, 0.4) is 0 Å². The van der Waals surface area contributed by atoms with E-state index in [2.05, 4.69) is 47.9 Å². The number of fused-ring (bicyclic) bond motifs is 1. The lowest BCUT2D eigenvalue weighted by Gasteiger charge is -2.30. The number of unbranched alkanes of at least 4 members (excludes halogenated alkanes) is 2. The summed E-state index contributed by atoms with van der Waals surface area (Å²) in [6.07, 6.45) is -2.74. The van der Waals surface area contributed by atoms with Crippen LogP contribution >= 0.6 is 35.2 Å². The summed E-state index contributed by atoms with van der Waals surface area (Å²) in [5.74, 6) is -1.11. The van der Waals surface area contributed by atoms with Gasteiger partial charge in [0.25, 0.3) is 0 Å². The van der Waals surface area contributed by atoms with Gasteiger partial charge in [-0.25, -0.2) is 28.6 Å². The molecule has 0 aliphatic carbocycles. The predicted molar refractivity (Wildman–Crippen MR) is 205 cm³/mol. The van der Waals surface area contributed by atoms with Gasteiger partial charge in [-0.15, -0.1) is 0 Å². The average Bonchev–Trinajstić information content (AvgIpc) is 3.68. The molecule has 10 N–H and O–H groups in total. The first-order valence-corrected chi connectivity index (χ1v) is 23.2. The van der Waals surface area contributed by atoms with Crippen LogP contribution in [0.25, 0.3) is 11.2 Å². The number of carbonyl (C=O) groups is 3. The standard InChI is InChI=1S/C30H50N7O17P3S/c1-5-6-7-8-18(2)13-21(39)58-12-11-32-20(38)9-10-33-28(42)25(41)30(3,4)15-51-57(48,49)54-56(46,47)50-14-19-24(53-55(43,44)45)23(40)29(52-19)37-17-36-22-26(31)34-16-35-27(22)37/h16-17,19,23-25,29,40-41H,2,5-15H2,1,3-4H3,(H,32,38)(H,33,42)(H,46,47)(H,48,49)(H2,31,34,35)(H2,43,44,45)/t19-,23-,24-,25+,29-/m1/s1. The molecule has 0 bridgehead atoms. The zero-order valence-electron chi connectivity index (χ0n) is 31.8. The first-order valence-electron chi connectivity index (χ1n) is 17.7. The Balaban J connectivity index is 1.45. The van der Waals surface area contributed by atoms with Crippen LogP contribution in [0, 0.1) is 5.41 Å². The highest BCUT2D eigenvalue weighted by molar-refractivity contribution is 8.13. The van der Waals surface area contributed by atoms with Gasteiger partial charge in [0.1, 0.15) is 36.3 Å². The van der Waals surface area contributed by atoms with Crippen LogP contribution in [0.5, 0.6) is 0 Å². The minimum Gasteiger partial charge on any atom is -0.386 e. The van der Waals surface area contributed by atoms with E-state index in [4.69, 9.17) is 19.5 Å². The first-order chi connectivity index (χ1) is 26.9. The number of rotatable bonds is 25. The maximum atomic E-state index is 12.7. The lowest BCUT2D eigenvalue weighted by molar-refractivity contribution is -0.137. The van der Waals surface area contributed by atoms with E-state index in [0.29, 0.717) is 5.75 Å². The topological polar surface area (TPSA) is 364 Å². The molecule has 1 saturated heterocycles. The molecule has 28 heteroatoms. The van der Waals surface area contributed by atoms with Gasteiger partial charge in [-0.2, -0.15) is 4.31 Å². The highest BCUT2D eigenvalue weighted by Crippen LogP contribution is 2.61. The van der Waals surface area contributed by atoms with Crippen LogP contribution in [0.2, 0.25) is 0 Å². The number of allylic oxidation sites excluding steroid dienone is 1. The second-order valence-electron chi connectivity index (χ2n) is 13.7. The lowest BCUT2D eigenvalue weighted by atomic mass is 9.87. The van der Waals surface area contributed by atoms with Gasteiger partial charge in [0.15, 0.2) is 22.8 Å². The number of nitrogens with one attached hydrogen (secondary N) is 2. The normalized spacial score (nSPS) is 21.3. The van der Waals surface area contributed by atoms with Crippen LogP contribution in [0.4, 0.5) is 5.82 Å². The molecule has 1 aliphatic heterocycles. The highest BCUT2D eigenvalue weighted by atomic mass is 32.2. The fraction of sp³-hybridized carbons (Fsp3) is 0.667. The number of hydrogen-bond acceptors (Lipinski definition) is 18. The number of aliphatic hydroxyl groups is 2. The molecular formula is C30H50N7O17P3S. The van der Waals surface area contributed by atoms with Crippen molar-refractivity contribution in [2.45, 2.75) is 89.9 Å². The van der Waals surface area contributed by atoms with Crippen molar-refractivity contribution in [2.24, 2.45) is 5.41 Å². The summed E-state index contributed by atoms with van der Waals surface area (Å²) in [7, 11) is -16.4. The Bertz CT molecular complexity index is 1900. The van der Waals surface area contributed by atoms with Crippen molar-refractivity contribution in [3.05, 3.63) is 24.8 Å². The van der Waals surface area contributed by atoms with E-state index in [9.17, 15) is 57.9 Å². The van der Waals surface area contributed by atoms with Crippen molar-refractivity contribution < 1.29 is 80.5 Å². The smallest absolute Gasteiger partial charge is 0.386 e. The third kappa shape index (κ3) is 15.7. The Kier molecular flexibility index (Phi) is 18.6. The van der Waals surface area contributed by atoms with Gasteiger partial charge >= 0.3 is 23.5 Å². The number of nitrogen functional groups attached to an aromatic ring is 1. The average molecular weight is 906 g/mol. The van der Waals surface area contributed by atoms with E-state index >= 15 is 0 Å². The van der Waals surface area contributed by atoms with Crippen molar-refractivity contribution in [3.8, 4) is 0 Å². The van der Waals surface area contributed by atoms with Crippen LogP contribution < -0.4 is 16.4 Å². The van der Waals surface area contributed by atoms with Gasteiger partial charge in [0, 0.05) is 37.1 Å². The quantitative estimate of drug-likeness (QED) is 0.0384. The van der Waals surface area contributed by atoms with Crippen LogP contribution in [-0.2, 0) is 50.7 Å². The number of amides is 2. The summed E-state index contributed by atoms with van der Waals surface area (Å²) in [6, 6.07) is 0. The number of aliphatic hydroxyl groups excluding tert-OH is 2. The van der Waals surface area contributed by atoms with Gasteiger partial charge in [-0.05, 0) is 12.8 Å². The number of phosphoric ester groups is 3. The summed E-state index contributed by atoms with van der Waals surface area (Å²) >= 11 is 1.08. The third-order valence-electron chi connectivity index (χ3n) is 8.29. The zero-order chi connectivity index (χ0) is 43.5. The van der Waals surface area contributed by atoms with Crippen LogP contribution in [-0.4, -0.2) is 123 Å². The number of anilines is 1. The van der Waals surface area contributed by atoms with Gasteiger partial charge in [0.2, 0.25) is 11.8 Å². The Hall–Kier alpha value is -2.70. The Morgan fingerprint density at radius 3 is 2.41 bits per heavy atom. The SMILES string of the molecule is C=C(CCCCC)CC(=O)SCCNC(=O)CCNC(=O)[C@H](O)C(C)(C)COP(=O)(O)OP(=O)(O)OC[C@H]1O[C@@H](n2cnc3c(N)ncnc32)[C@H](O)[C@@H]1OP(=O)(O)O. The fourth-order valence-electron chi connectivity index (χ4n) is 5.26. The molecule has 0 saturated carbocycles. The van der Waals surface area contributed by atoms with E-state index in [1.165, 1.54) is 13.8 Å². The van der Waals surface area contributed by atoms with Gasteiger partial charge < -0.3 is 50.9 Å². The molecular weight excluding hydrogens is 855 g/mol. The number of aromatic nitrogens is 4. The summed E-state index contributed by atoms with van der Waals surface area (Å²) in [6.45, 7) is 6.50. The largest absolute Gasteiger partial charge is 0.481 e. The van der Waals surface area contributed by atoms with E-state index < -0.39 is 84.6 Å². The molecule has 2 amide bonds. The van der Waals surface area contributed by atoms with E-state index in [1.54, 1.807) is 0 Å². The Labute approximate surface area is 337 Å². The third-order valence-corrected chi connectivity index (χ3v) is 12.3. The predicted octanol–water partition coefficient (Wildman–Crippen LogP) is 1.19. The number of phosphoric acid groups is 3. The van der Waals surface area contributed by atoms with Crippen molar-refractivity contribution in [1.29, 1.82) is 0 Å². The maximum absolute atomic E-state index is 12.7. The van der Waals surface area contributed by atoms with E-state index in [-0.39, 0.29) is 48.0 Å². The molecule has 24 nitrogen and oxygen atoms in total. The molecule has 2 aromatic heterocycles. The van der Waals surface area contributed by atoms with Crippen molar-refractivity contribution in [3.63, 3.8) is 0 Å². The molecule has 1 fully saturated rings. The van der Waals surface area contributed by atoms with E-state index in [0.717, 1.165) is 60.2 Å². The molecule has 328 valence electrons. The minimum absolute atomic E-state index is 0.0304. The van der Waals surface area contributed by atoms with Crippen LogP contribution in [0.1, 0.15) is 65.5 Å². The number of ether oxygens (including phenoxy) is 1. The summed E-state index contributed by atoms with van der Waals surface area (Å²) in [5.41, 5.74) is 5.13. The zero-order valence-corrected chi connectivity index (χ0v) is 35.3.